The first-order valence-electron chi connectivity index (χ1n) is 7.77. The van der Waals surface area contributed by atoms with Crippen LogP contribution in [0.1, 0.15) is 69.2 Å². The Labute approximate surface area is 125 Å². The van der Waals surface area contributed by atoms with Crippen LogP contribution in [0.2, 0.25) is 0 Å². The molecule has 1 heterocycles. The fourth-order valence-corrected chi connectivity index (χ4v) is 3.65. The normalized spacial score (nSPS) is 24.2. The van der Waals surface area contributed by atoms with Crippen LogP contribution in [-0.4, -0.2) is 16.6 Å². The number of hydrogen-bond donors (Lipinski definition) is 2. The number of nitrogens with one attached hydrogen (secondary N) is 1. The molecular formula is C17H23NO3. The Morgan fingerprint density at radius 2 is 2.14 bits per heavy atom. The van der Waals surface area contributed by atoms with Crippen LogP contribution in [0.4, 0.5) is 0 Å². The zero-order valence-electron chi connectivity index (χ0n) is 12.7. The van der Waals surface area contributed by atoms with E-state index in [9.17, 15) is 9.90 Å². The summed E-state index contributed by atoms with van der Waals surface area (Å²) in [6.45, 7) is 3.30. The van der Waals surface area contributed by atoms with Gasteiger partial charge in [-0.25, -0.2) is 0 Å². The Bertz CT molecular complexity index is 547. The second-order valence-electron chi connectivity index (χ2n) is 6.42. The fourth-order valence-electron chi connectivity index (χ4n) is 3.65. The van der Waals surface area contributed by atoms with Crippen LogP contribution in [0.5, 0.6) is 5.75 Å². The quantitative estimate of drug-likeness (QED) is 0.880. The number of rotatable bonds is 2. The summed E-state index contributed by atoms with van der Waals surface area (Å²) in [5.74, 6) is 0.828. The third-order valence-corrected chi connectivity index (χ3v) is 4.69. The second-order valence-corrected chi connectivity index (χ2v) is 6.42. The van der Waals surface area contributed by atoms with Crippen molar-refractivity contribution in [3.63, 3.8) is 0 Å². The zero-order chi connectivity index (χ0) is 15.0. The highest BCUT2D eigenvalue weighted by Gasteiger charge is 2.43. The minimum absolute atomic E-state index is 0.0246. The summed E-state index contributed by atoms with van der Waals surface area (Å²) in [6.07, 6.45) is 4.79. The highest BCUT2D eigenvalue weighted by atomic mass is 16.5. The molecule has 2 atom stereocenters. The lowest BCUT2D eigenvalue weighted by Gasteiger charge is -2.40. The predicted octanol–water partition coefficient (Wildman–Crippen LogP) is 3.01. The maximum Gasteiger partial charge on any atom is 0.217 e. The first kappa shape index (κ1) is 14.4. The van der Waals surface area contributed by atoms with Crippen LogP contribution in [0.25, 0.3) is 0 Å². The van der Waals surface area contributed by atoms with Crippen LogP contribution < -0.4 is 10.1 Å². The molecular weight excluding hydrogens is 266 g/mol. The van der Waals surface area contributed by atoms with E-state index in [1.807, 2.05) is 18.2 Å². The van der Waals surface area contributed by atoms with E-state index >= 15 is 0 Å². The maximum absolute atomic E-state index is 11.5. The lowest BCUT2D eigenvalue weighted by molar-refractivity contribution is -0.120. The number of carbonyl (C=O) groups excluding carboxylic acids is 1. The first-order valence-corrected chi connectivity index (χ1v) is 7.77. The minimum Gasteiger partial charge on any atom is -0.487 e. The number of aliphatic hydroxyl groups excluding tert-OH is 1. The van der Waals surface area contributed by atoms with Crippen molar-refractivity contribution in [3.05, 3.63) is 29.3 Å². The molecule has 0 saturated heterocycles. The molecule has 4 nitrogen and oxygen atoms in total. The molecule has 1 aliphatic carbocycles. The summed E-state index contributed by atoms with van der Waals surface area (Å²) in [5.41, 5.74) is 1.73. The van der Waals surface area contributed by atoms with Gasteiger partial charge in [0.15, 0.2) is 0 Å². The number of carbonyl (C=O) groups is 1. The van der Waals surface area contributed by atoms with Gasteiger partial charge in [0.05, 0.1) is 12.1 Å². The van der Waals surface area contributed by atoms with Gasteiger partial charge in [0, 0.05) is 18.9 Å². The van der Waals surface area contributed by atoms with Gasteiger partial charge in [-0.1, -0.05) is 6.07 Å². The molecule has 1 aromatic rings. The van der Waals surface area contributed by atoms with Crippen molar-refractivity contribution in [3.8, 4) is 5.75 Å². The Hall–Kier alpha value is -1.55. The van der Waals surface area contributed by atoms with E-state index in [4.69, 9.17) is 4.74 Å². The van der Waals surface area contributed by atoms with Crippen molar-refractivity contribution < 1.29 is 14.6 Å². The number of hydrogen-bond acceptors (Lipinski definition) is 3. The SMILES string of the molecule is CC(=O)NC1CC2(CCCC2)Oc2ccc(C(C)O)cc21. The van der Waals surface area contributed by atoms with E-state index in [1.165, 1.54) is 12.8 Å². The first-order chi connectivity index (χ1) is 9.99. The molecule has 0 aromatic heterocycles. The van der Waals surface area contributed by atoms with Crippen molar-refractivity contribution in [1.29, 1.82) is 0 Å². The summed E-state index contributed by atoms with van der Waals surface area (Å²) in [4.78, 5) is 11.5. The van der Waals surface area contributed by atoms with Gasteiger partial charge in [0.2, 0.25) is 5.91 Å². The highest BCUT2D eigenvalue weighted by Crippen LogP contribution is 2.47. The average Bonchev–Trinajstić information content (AvgIpc) is 2.85. The molecule has 1 amide bonds. The van der Waals surface area contributed by atoms with E-state index in [1.54, 1.807) is 13.8 Å². The van der Waals surface area contributed by atoms with Crippen LogP contribution in [-0.2, 0) is 4.79 Å². The monoisotopic (exact) mass is 289 g/mol. The predicted molar refractivity (Wildman–Crippen MR) is 80.1 cm³/mol. The number of fused-ring (bicyclic) bond motifs is 1. The topological polar surface area (TPSA) is 58.6 Å². The molecule has 0 radical (unpaired) electrons. The highest BCUT2D eigenvalue weighted by molar-refractivity contribution is 5.73. The molecule has 3 rings (SSSR count). The molecule has 2 unspecified atom stereocenters. The van der Waals surface area contributed by atoms with E-state index in [2.05, 4.69) is 5.32 Å². The van der Waals surface area contributed by atoms with Crippen molar-refractivity contribution in [2.24, 2.45) is 0 Å². The summed E-state index contributed by atoms with van der Waals surface area (Å²) < 4.78 is 6.29. The van der Waals surface area contributed by atoms with Gasteiger partial charge in [-0.2, -0.15) is 0 Å². The largest absolute Gasteiger partial charge is 0.487 e. The fraction of sp³-hybridized carbons (Fsp3) is 0.588. The second kappa shape index (κ2) is 5.34. The Balaban J connectivity index is 1.98. The molecule has 1 aliphatic heterocycles. The van der Waals surface area contributed by atoms with Crippen LogP contribution in [0.15, 0.2) is 18.2 Å². The zero-order valence-corrected chi connectivity index (χ0v) is 12.7. The molecule has 21 heavy (non-hydrogen) atoms. The maximum atomic E-state index is 11.5. The summed E-state index contributed by atoms with van der Waals surface area (Å²) in [7, 11) is 0. The smallest absolute Gasteiger partial charge is 0.217 e. The third-order valence-electron chi connectivity index (χ3n) is 4.69. The Morgan fingerprint density at radius 3 is 2.76 bits per heavy atom. The molecule has 1 spiro atoms. The van der Waals surface area contributed by atoms with Crippen molar-refractivity contribution in [2.75, 3.05) is 0 Å². The van der Waals surface area contributed by atoms with Crippen molar-refractivity contribution >= 4 is 5.91 Å². The molecule has 0 bridgehead atoms. The van der Waals surface area contributed by atoms with E-state index < -0.39 is 6.10 Å². The summed E-state index contributed by atoms with van der Waals surface area (Å²) >= 11 is 0. The molecule has 1 saturated carbocycles. The van der Waals surface area contributed by atoms with Crippen LogP contribution in [0, 0.1) is 0 Å². The number of benzene rings is 1. The van der Waals surface area contributed by atoms with Gasteiger partial charge in [0.1, 0.15) is 11.4 Å². The molecule has 2 aliphatic rings. The molecule has 114 valence electrons. The molecule has 1 aromatic carbocycles. The van der Waals surface area contributed by atoms with Gasteiger partial charge < -0.3 is 15.2 Å². The van der Waals surface area contributed by atoms with E-state index in [0.29, 0.717) is 0 Å². The lowest BCUT2D eigenvalue weighted by Crippen LogP contribution is -2.43. The van der Waals surface area contributed by atoms with Crippen LogP contribution in [0.3, 0.4) is 0 Å². The third kappa shape index (κ3) is 2.77. The Morgan fingerprint density at radius 1 is 1.43 bits per heavy atom. The van der Waals surface area contributed by atoms with Crippen molar-refractivity contribution in [1.82, 2.24) is 5.32 Å². The molecule has 2 N–H and O–H groups in total. The summed E-state index contributed by atoms with van der Waals surface area (Å²) in [5, 5.41) is 12.8. The standard InChI is InChI=1S/C17H23NO3/c1-11(19)13-5-6-16-14(9-13)15(18-12(2)20)10-17(21-16)7-3-4-8-17/h5-6,9,11,15,19H,3-4,7-8,10H2,1-2H3,(H,18,20). The number of amides is 1. The van der Waals surface area contributed by atoms with Gasteiger partial charge in [-0.3, -0.25) is 4.79 Å². The minimum atomic E-state index is -0.518. The van der Waals surface area contributed by atoms with Crippen molar-refractivity contribution in [2.45, 2.75) is 63.7 Å². The molecule has 4 heteroatoms. The van der Waals surface area contributed by atoms with Crippen LogP contribution >= 0.6 is 0 Å². The number of aliphatic hydroxyl groups is 1. The Kier molecular flexibility index (Phi) is 3.66. The number of ether oxygens (including phenoxy) is 1. The van der Waals surface area contributed by atoms with Gasteiger partial charge in [-0.15, -0.1) is 0 Å². The van der Waals surface area contributed by atoms with E-state index in [-0.39, 0.29) is 17.6 Å². The van der Waals surface area contributed by atoms with Gasteiger partial charge >= 0.3 is 0 Å². The van der Waals surface area contributed by atoms with Gasteiger partial charge in [0.25, 0.3) is 0 Å². The van der Waals surface area contributed by atoms with Gasteiger partial charge in [-0.05, 0) is 50.3 Å². The lowest BCUT2D eigenvalue weighted by atomic mass is 9.85. The molecule has 1 fully saturated rings. The average molecular weight is 289 g/mol. The van der Waals surface area contributed by atoms with E-state index in [0.717, 1.165) is 36.1 Å². The summed E-state index contributed by atoms with van der Waals surface area (Å²) in [6, 6.07) is 5.78.